The Morgan fingerprint density at radius 2 is 2.08 bits per heavy atom. The van der Waals surface area contributed by atoms with E-state index in [0.717, 1.165) is 28.8 Å². The zero-order valence-electron chi connectivity index (χ0n) is 19.9. The number of halogens is 1. The fraction of sp³-hybridized carbons (Fsp3) is 0.148. The minimum absolute atomic E-state index is 0.0695. The van der Waals surface area contributed by atoms with E-state index in [2.05, 4.69) is 30.5 Å². The van der Waals surface area contributed by atoms with Crippen molar-refractivity contribution >= 4 is 45.0 Å². The lowest BCUT2D eigenvalue weighted by molar-refractivity contribution is -0.116. The number of benzene rings is 1. The number of H-pyrrole nitrogens is 2. The average Bonchev–Trinajstić information content (AvgIpc) is 3.67. The molecule has 3 N–H and O–H groups in total. The molecule has 0 aliphatic carbocycles. The van der Waals surface area contributed by atoms with E-state index in [1.807, 2.05) is 36.6 Å². The summed E-state index contributed by atoms with van der Waals surface area (Å²) < 4.78 is 15.2. The zero-order chi connectivity index (χ0) is 25.4. The quantitative estimate of drug-likeness (QED) is 0.225. The van der Waals surface area contributed by atoms with E-state index in [0.29, 0.717) is 45.8 Å². The van der Waals surface area contributed by atoms with Crippen molar-refractivity contribution in [2.75, 3.05) is 5.32 Å². The van der Waals surface area contributed by atoms with Crippen molar-refractivity contribution in [2.24, 2.45) is 0 Å². The molecular formula is C27H22FN7OS. The number of imidazole rings is 1. The van der Waals surface area contributed by atoms with Crippen LogP contribution in [0.4, 0.5) is 10.1 Å². The Bertz CT molecular complexity index is 1740. The van der Waals surface area contributed by atoms with Crippen LogP contribution >= 0.6 is 11.3 Å². The Hall–Kier alpha value is -4.44. The van der Waals surface area contributed by atoms with Crippen molar-refractivity contribution in [2.45, 2.75) is 26.2 Å². The number of unbranched alkanes of at least 4 members (excludes halogenated alkanes) is 1. The Morgan fingerprint density at radius 3 is 2.92 bits per heavy atom. The Labute approximate surface area is 215 Å². The van der Waals surface area contributed by atoms with Gasteiger partial charge < -0.3 is 10.3 Å². The van der Waals surface area contributed by atoms with Gasteiger partial charge in [-0.1, -0.05) is 19.4 Å². The minimum atomic E-state index is -0.447. The molecule has 8 nitrogen and oxygen atoms in total. The molecule has 5 aromatic heterocycles. The van der Waals surface area contributed by atoms with Crippen LogP contribution < -0.4 is 5.32 Å². The van der Waals surface area contributed by atoms with Gasteiger partial charge in [0.05, 0.1) is 11.9 Å². The summed E-state index contributed by atoms with van der Waals surface area (Å²) >= 11 is 1.62. The van der Waals surface area contributed by atoms with Gasteiger partial charge in [-0.05, 0) is 47.7 Å². The number of aromatic nitrogens is 6. The van der Waals surface area contributed by atoms with Gasteiger partial charge in [-0.3, -0.25) is 14.9 Å². The number of rotatable bonds is 7. The number of pyridine rings is 2. The molecule has 0 unspecified atom stereocenters. The van der Waals surface area contributed by atoms with Crippen LogP contribution in [0.3, 0.4) is 0 Å². The second-order valence-corrected chi connectivity index (χ2v) is 9.63. The van der Waals surface area contributed by atoms with Gasteiger partial charge >= 0.3 is 0 Å². The van der Waals surface area contributed by atoms with Gasteiger partial charge in [-0.2, -0.15) is 5.10 Å². The molecule has 0 spiro atoms. The molecule has 184 valence electrons. The lowest BCUT2D eigenvalue weighted by atomic mass is 10.0. The molecule has 0 saturated heterocycles. The van der Waals surface area contributed by atoms with Gasteiger partial charge in [-0.25, -0.2) is 14.4 Å². The van der Waals surface area contributed by atoms with Gasteiger partial charge in [0.15, 0.2) is 11.5 Å². The van der Waals surface area contributed by atoms with Gasteiger partial charge in [0, 0.05) is 40.2 Å². The number of carbonyl (C=O) groups is 1. The minimum Gasteiger partial charge on any atom is -0.325 e. The maximum Gasteiger partial charge on any atom is 0.224 e. The van der Waals surface area contributed by atoms with E-state index in [4.69, 9.17) is 4.98 Å². The molecule has 10 heteroatoms. The molecule has 0 radical (unpaired) electrons. The maximum absolute atomic E-state index is 15.2. The first-order valence-corrected chi connectivity index (χ1v) is 12.8. The van der Waals surface area contributed by atoms with E-state index >= 15 is 4.39 Å². The highest BCUT2D eigenvalue weighted by Crippen LogP contribution is 2.35. The number of hydrogen-bond acceptors (Lipinski definition) is 6. The van der Waals surface area contributed by atoms with Crippen molar-refractivity contribution in [3.05, 3.63) is 66.2 Å². The largest absolute Gasteiger partial charge is 0.325 e. The number of thiophene rings is 1. The van der Waals surface area contributed by atoms with E-state index in [-0.39, 0.29) is 11.4 Å². The molecule has 0 bridgehead atoms. The van der Waals surface area contributed by atoms with E-state index < -0.39 is 5.82 Å². The third-order valence-corrected chi connectivity index (χ3v) is 7.04. The highest BCUT2D eigenvalue weighted by atomic mass is 32.1. The lowest BCUT2D eigenvalue weighted by Gasteiger charge is -2.08. The van der Waals surface area contributed by atoms with Crippen LogP contribution in [-0.2, 0) is 4.79 Å². The second-order valence-electron chi connectivity index (χ2n) is 8.69. The molecule has 6 aromatic rings. The highest BCUT2D eigenvalue weighted by molar-refractivity contribution is 7.13. The fourth-order valence-corrected chi connectivity index (χ4v) is 5.06. The van der Waals surface area contributed by atoms with Crippen LogP contribution in [0.5, 0.6) is 0 Å². The van der Waals surface area contributed by atoms with Gasteiger partial charge in [0.1, 0.15) is 22.5 Å². The van der Waals surface area contributed by atoms with Crippen molar-refractivity contribution in [1.82, 2.24) is 30.1 Å². The standard InChI is InChI=1S/C27H22FN7OS/c1-2-3-6-22(36)31-17-10-16(13-29-14-17)15-11-19-23(20(28)12-15)34-35-25(19)27-32-24-18(21-5-4-9-37-21)7-8-30-26(24)33-27/h4-5,7-14H,2-3,6H2,1H3,(H,31,36)(H,34,35)(H,30,32,33). The number of fused-ring (bicyclic) bond motifs is 2. The molecule has 0 atom stereocenters. The highest BCUT2D eigenvalue weighted by Gasteiger charge is 2.19. The molecule has 0 fully saturated rings. The van der Waals surface area contributed by atoms with Crippen molar-refractivity contribution in [3.63, 3.8) is 0 Å². The van der Waals surface area contributed by atoms with Gasteiger partial charge in [-0.15, -0.1) is 11.3 Å². The zero-order valence-corrected chi connectivity index (χ0v) is 20.7. The molecule has 0 aliphatic heterocycles. The molecule has 0 saturated carbocycles. The molecule has 1 amide bonds. The van der Waals surface area contributed by atoms with Gasteiger partial charge in [0.2, 0.25) is 5.91 Å². The second kappa shape index (κ2) is 9.55. The summed E-state index contributed by atoms with van der Waals surface area (Å²) in [6, 6.07) is 11.0. The van der Waals surface area contributed by atoms with Crippen LogP contribution in [-0.4, -0.2) is 36.0 Å². The monoisotopic (exact) mass is 511 g/mol. The van der Waals surface area contributed by atoms with Crippen molar-refractivity contribution < 1.29 is 9.18 Å². The lowest BCUT2D eigenvalue weighted by Crippen LogP contribution is -2.11. The Morgan fingerprint density at radius 1 is 1.16 bits per heavy atom. The number of anilines is 1. The summed E-state index contributed by atoms with van der Waals surface area (Å²) in [5, 5.41) is 12.6. The number of carbonyl (C=O) groups excluding carboxylic acids is 1. The molecular weight excluding hydrogens is 489 g/mol. The maximum atomic E-state index is 15.2. The summed E-state index contributed by atoms with van der Waals surface area (Å²) in [5.41, 5.74) is 4.94. The Balaban J connectivity index is 1.40. The predicted molar refractivity (Wildman–Crippen MR) is 144 cm³/mol. The third kappa shape index (κ3) is 4.36. The third-order valence-electron chi connectivity index (χ3n) is 6.13. The number of nitrogens with zero attached hydrogens (tertiary/aromatic N) is 4. The summed E-state index contributed by atoms with van der Waals surface area (Å²) in [6.45, 7) is 2.04. The van der Waals surface area contributed by atoms with Crippen LogP contribution in [0.15, 0.2) is 60.4 Å². The van der Waals surface area contributed by atoms with Crippen LogP contribution in [0.25, 0.3) is 55.2 Å². The topological polar surface area (TPSA) is 112 Å². The van der Waals surface area contributed by atoms with Crippen LogP contribution in [0.2, 0.25) is 0 Å². The van der Waals surface area contributed by atoms with E-state index in [9.17, 15) is 4.79 Å². The summed E-state index contributed by atoms with van der Waals surface area (Å²) in [5.74, 6) is -0.0264. The number of nitrogens with one attached hydrogen (secondary N) is 3. The molecule has 37 heavy (non-hydrogen) atoms. The Kier molecular flexibility index (Phi) is 5.93. The smallest absolute Gasteiger partial charge is 0.224 e. The van der Waals surface area contributed by atoms with Crippen molar-refractivity contribution in [1.29, 1.82) is 0 Å². The van der Waals surface area contributed by atoms with Crippen LogP contribution in [0.1, 0.15) is 26.2 Å². The fourth-order valence-electron chi connectivity index (χ4n) is 4.31. The average molecular weight is 512 g/mol. The molecule has 6 rings (SSSR count). The summed E-state index contributed by atoms with van der Waals surface area (Å²) in [4.78, 5) is 29.9. The predicted octanol–water partition coefficient (Wildman–Crippen LogP) is 6.56. The SMILES string of the molecule is CCCCC(=O)Nc1cncc(-c2cc(F)c3[nH]nc(-c4nc5c(-c6cccs6)ccnc5[nH]4)c3c2)c1. The van der Waals surface area contributed by atoms with E-state index in [1.54, 1.807) is 36.0 Å². The molecule has 5 heterocycles. The molecule has 1 aromatic carbocycles. The van der Waals surface area contributed by atoms with Crippen molar-refractivity contribution in [3.8, 4) is 33.1 Å². The summed E-state index contributed by atoms with van der Waals surface area (Å²) in [6.07, 6.45) is 7.16. The summed E-state index contributed by atoms with van der Waals surface area (Å²) in [7, 11) is 0. The van der Waals surface area contributed by atoms with Crippen LogP contribution in [0, 0.1) is 5.82 Å². The first-order valence-electron chi connectivity index (χ1n) is 11.9. The van der Waals surface area contributed by atoms with E-state index in [1.165, 1.54) is 6.07 Å². The first kappa shape index (κ1) is 23.0. The number of amides is 1. The molecule has 0 aliphatic rings. The normalized spacial score (nSPS) is 11.4. The number of aromatic amines is 2. The number of hydrogen-bond donors (Lipinski definition) is 3. The van der Waals surface area contributed by atoms with Gasteiger partial charge in [0.25, 0.3) is 0 Å². The first-order chi connectivity index (χ1) is 18.1.